The molecule has 14 heavy (non-hydrogen) atoms. The van der Waals surface area contributed by atoms with Crippen molar-refractivity contribution in [2.75, 3.05) is 25.4 Å². The van der Waals surface area contributed by atoms with E-state index < -0.39 is 27.8 Å². The van der Waals surface area contributed by atoms with Gasteiger partial charge in [-0.25, -0.2) is 8.42 Å². The number of aliphatic hydroxyl groups excluding tert-OH is 2. The Balaban J connectivity index is 2.71. The Kier molecular flexibility index (Phi) is 3.44. The van der Waals surface area contributed by atoms with Crippen LogP contribution in [0.2, 0.25) is 0 Å². The zero-order valence-corrected chi connectivity index (χ0v) is 8.31. The number of sulfonamides is 1. The SMILES string of the molecule is N#CCS(=O)(=O)N1CC(O)C(CO)C1. The lowest BCUT2D eigenvalue weighted by Crippen LogP contribution is -2.31. The van der Waals surface area contributed by atoms with Crippen LogP contribution in [0.5, 0.6) is 0 Å². The van der Waals surface area contributed by atoms with Gasteiger partial charge in [-0.1, -0.05) is 0 Å². The van der Waals surface area contributed by atoms with Gasteiger partial charge in [-0.05, 0) is 0 Å². The van der Waals surface area contributed by atoms with Crippen LogP contribution in [0.4, 0.5) is 0 Å². The second-order valence-electron chi connectivity index (χ2n) is 3.24. The maximum atomic E-state index is 11.4. The monoisotopic (exact) mass is 220 g/mol. The standard InChI is InChI=1S/C7H12N2O4S/c8-1-2-14(12,13)9-3-6(5-10)7(11)4-9/h6-7,10-11H,2-5H2. The molecule has 1 aliphatic rings. The van der Waals surface area contributed by atoms with Crippen LogP contribution in [0, 0.1) is 17.2 Å². The third-order valence-electron chi connectivity index (χ3n) is 2.25. The number of hydrogen-bond acceptors (Lipinski definition) is 5. The molecule has 0 aromatic heterocycles. The summed E-state index contributed by atoms with van der Waals surface area (Å²) in [6.45, 7) is -0.198. The first-order chi connectivity index (χ1) is 6.51. The largest absolute Gasteiger partial charge is 0.396 e. The van der Waals surface area contributed by atoms with E-state index in [0.717, 1.165) is 4.31 Å². The fourth-order valence-electron chi connectivity index (χ4n) is 1.39. The normalized spacial score (nSPS) is 28.9. The first-order valence-electron chi connectivity index (χ1n) is 4.15. The fraction of sp³-hybridized carbons (Fsp3) is 0.857. The van der Waals surface area contributed by atoms with Gasteiger partial charge in [-0.2, -0.15) is 9.57 Å². The van der Waals surface area contributed by atoms with Crippen LogP contribution in [0.25, 0.3) is 0 Å². The van der Waals surface area contributed by atoms with E-state index in [2.05, 4.69) is 0 Å². The zero-order valence-electron chi connectivity index (χ0n) is 7.50. The van der Waals surface area contributed by atoms with Crippen molar-refractivity contribution in [3.05, 3.63) is 0 Å². The van der Waals surface area contributed by atoms with Crippen LogP contribution in [0.15, 0.2) is 0 Å². The van der Waals surface area contributed by atoms with Gasteiger partial charge in [-0.15, -0.1) is 0 Å². The smallest absolute Gasteiger partial charge is 0.227 e. The summed E-state index contributed by atoms with van der Waals surface area (Å²) in [5, 5.41) is 26.4. The summed E-state index contributed by atoms with van der Waals surface area (Å²) >= 11 is 0. The second kappa shape index (κ2) is 4.23. The summed E-state index contributed by atoms with van der Waals surface area (Å²) in [5.41, 5.74) is 0. The van der Waals surface area contributed by atoms with E-state index in [4.69, 9.17) is 10.4 Å². The van der Waals surface area contributed by atoms with Crippen molar-refractivity contribution in [1.82, 2.24) is 4.31 Å². The number of nitrogens with zero attached hydrogens (tertiary/aromatic N) is 2. The van der Waals surface area contributed by atoms with Crippen molar-refractivity contribution in [2.24, 2.45) is 5.92 Å². The first-order valence-corrected chi connectivity index (χ1v) is 5.76. The maximum absolute atomic E-state index is 11.4. The summed E-state index contributed by atoms with van der Waals surface area (Å²) in [5.74, 6) is -1.03. The summed E-state index contributed by atoms with van der Waals surface area (Å²) in [7, 11) is -3.58. The lowest BCUT2D eigenvalue weighted by molar-refractivity contribution is 0.104. The van der Waals surface area contributed by atoms with E-state index in [1.165, 1.54) is 0 Å². The lowest BCUT2D eigenvalue weighted by atomic mass is 10.1. The number of nitriles is 1. The molecule has 80 valence electrons. The molecule has 1 rings (SSSR count). The van der Waals surface area contributed by atoms with Crippen molar-refractivity contribution in [3.8, 4) is 6.07 Å². The molecular weight excluding hydrogens is 208 g/mol. The minimum atomic E-state index is -3.58. The Labute approximate surface area is 82.4 Å². The average molecular weight is 220 g/mol. The Hall–Kier alpha value is -0.680. The van der Waals surface area contributed by atoms with Gasteiger partial charge in [-0.3, -0.25) is 0 Å². The molecule has 0 spiro atoms. The fourth-order valence-corrected chi connectivity index (χ4v) is 2.54. The molecule has 2 unspecified atom stereocenters. The number of β-amino-alcohol motifs (C(OH)–C–C–N with tert-alkyl or cyclic N) is 1. The molecule has 2 N–H and O–H groups in total. The van der Waals surface area contributed by atoms with Gasteiger partial charge in [0.25, 0.3) is 0 Å². The average Bonchev–Trinajstić information content (AvgIpc) is 2.47. The Bertz CT molecular complexity index is 334. The topological polar surface area (TPSA) is 102 Å². The molecule has 0 aromatic rings. The minimum Gasteiger partial charge on any atom is -0.396 e. The Morgan fingerprint density at radius 3 is 2.57 bits per heavy atom. The zero-order chi connectivity index (χ0) is 10.8. The third-order valence-corrected chi connectivity index (χ3v) is 3.83. The highest BCUT2D eigenvalue weighted by Crippen LogP contribution is 2.19. The summed E-state index contributed by atoms with van der Waals surface area (Å²) in [6, 6.07) is 1.56. The molecule has 2 atom stereocenters. The molecule has 0 aromatic carbocycles. The highest BCUT2D eigenvalue weighted by Gasteiger charge is 2.36. The van der Waals surface area contributed by atoms with Gasteiger partial charge in [0.2, 0.25) is 10.0 Å². The second-order valence-corrected chi connectivity index (χ2v) is 5.21. The minimum absolute atomic E-state index is 0.0325. The molecule has 1 saturated heterocycles. The lowest BCUT2D eigenvalue weighted by Gasteiger charge is -2.12. The Morgan fingerprint density at radius 2 is 2.14 bits per heavy atom. The molecule has 0 amide bonds. The maximum Gasteiger partial charge on any atom is 0.227 e. The van der Waals surface area contributed by atoms with E-state index in [1.807, 2.05) is 0 Å². The number of rotatable bonds is 3. The highest BCUT2D eigenvalue weighted by atomic mass is 32.2. The number of aliphatic hydroxyl groups is 2. The molecule has 0 aliphatic carbocycles. The predicted octanol–water partition coefficient (Wildman–Crippen LogP) is -1.88. The van der Waals surface area contributed by atoms with Crippen molar-refractivity contribution in [3.63, 3.8) is 0 Å². The van der Waals surface area contributed by atoms with Crippen LogP contribution in [0.3, 0.4) is 0 Å². The van der Waals surface area contributed by atoms with Gasteiger partial charge in [0.05, 0.1) is 12.2 Å². The van der Waals surface area contributed by atoms with Gasteiger partial charge in [0.15, 0.2) is 5.75 Å². The molecule has 0 saturated carbocycles. The summed E-state index contributed by atoms with van der Waals surface area (Å²) in [4.78, 5) is 0. The van der Waals surface area contributed by atoms with Crippen molar-refractivity contribution < 1.29 is 18.6 Å². The molecule has 0 radical (unpaired) electrons. The third kappa shape index (κ3) is 2.22. The van der Waals surface area contributed by atoms with Crippen LogP contribution < -0.4 is 0 Å². The van der Waals surface area contributed by atoms with Crippen molar-refractivity contribution in [1.29, 1.82) is 5.26 Å². The van der Waals surface area contributed by atoms with Gasteiger partial charge in [0.1, 0.15) is 0 Å². The van der Waals surface area contributed by atoms with Crippen molar-refractivity contribution in [2.45, 2.75) is 6.10 Å². The summed E-state index contributed by atoms with van der Waals surface area (Å²) in [6.07, 6.45) is -0.839. The molecule has 1 fully saturated rings. The van der Waals surface area contributed by atoms with Crippen molar-refractivity contribution >= 4 is 10.0 Å². The molecular formula is C7H12N2O4S. The molecule has 1 aliphatic heterocycles. The van der Waals surface area contributed by atoms with E-state index in [1.54, 1.807) is 6.07 Å². The van der Waals surface area contributed by atoms with Crippen LogP contribution in [-0.4, -0.2) is 54.5 Å². The molecule has 7 heteroatoms. The predicted molar refractivity (Wildman–Crippen MR) is 47.6 cm³/mol. The van der Waals surface area contributed by atoms with Crippen LogP contribution >= 0.6 is 0 Å². The molecule has 0 bridgehead atoms. The van der Waals surface area contributed by atoms with Gasteiger partial charge >= 0.3 is 0 Å². The Morgan fingerprint density at radius 1 is 1.50 bits per heavy atom. The summed E-state index contributed by atoms with van der Waals surface area (Å²) < 4.78 is 23.7. The van der Waals surface area contributed by atoms with E-state index in [0.29, 0.717) is 0 Å². The first kappa shape index (κ1) is 11.4. The number of hydrogen-bond donors (Lipinski definition) is 2. The van der Waals surface area contributed by atoms with E-state index >= 15 is 0 Å². The van der Waals surface area contributed by atoms with Gasteiger partial charge in [0, 0.05) is 25.6 Å². The molecule has 1 heterocycles. The van der Waals surface area contributed by atoms with Crippen LogP contribution in [0.1, 0.15) is 0 Å². The van der Waals surface area contributed by atoms with Crippen LogP contribution in [-0.2, 0) is 10.0 Å². The van der Waals surface area contributed by atoms with E-state index in [9.17, 15) is 13.5 Å². The van der Waals surface area contributed by atoms with Gasteiger partial charge < -0.3 is 10.2 Å². The molecule has 6 nitrogen and oxygen atoms in total. The van der Waals surface area contributed by atoms with E-state index in [-0.39, 0.29) is 19.7 Å². The quantitative estimate of drug-likeness (QED) is 0.580. The highest BCUT2D eigenvalue weighted by molar-refractivity contribution is 7.89.